The molecular formula is C65H43N. The van der Waals surface area contributed by atoms with Crippen molar-refractivity contribution in [1.82, 2.24) is 0 Å². The van der Waals surface area contributed by atoms with Crippen LogP contribution in [0.1, 0.15) is 82.3 Å². The summed E-state index contributed by atoms with van der Waals surface area (Å²) in [5.41, 5.74) is 36.1. The highest BCUT2D eigenvalue weighted by Gasteiger charge is 2.54. The van der Waals surface area contributed by atoms with Crippen LogP contribution in [0.2, 0.25) is 0 Å². The van der Waals surface area contributed by atoms with Crippen LogP contribution in [0, 0.1) is 0 Å². The highest BCUT2D eigenvalue weighted by Crippen LogP contribution is 2.66. The van der Waals surface area contributed by atoms with Gasteiger partial charge in [-0.25, -0.2) is 0 Å². The van der Waals surface area contributed by atoms with Crippen molar-refractivity contribution in [2.24, 2.45) is 0 Å². The zero-order valence-electron chi connectivity index (χ0n) is 36.9. The maximum Gasteiger partial charge on any atom is 0.0732 e. The van der Waals surface area contributed by atoms with E-state index in [-0.39, 0.29) is 10.8 Å². The Morgan fingerprint density at radius 1 is 0.424 bits per heavy atom. The predicted octanol–water partition coefficient (Wildman–Crippen LogP) is 15.9. The lowest BCUT2D eigenvalue weighted by atomic mass is 9.68. The van der Waals surface area contributed by atoms with E-state index in [0.717, 1.165) is 24.2 Å². The Morgan fingerprint density at radius 2 is 0.970 bits per heavy atom. The molecule has 1 nitrogen and oxygen atoms in total. The van der Waals surface area contributed by atoms with Gasteiger partial charge in [0.15, 0.2) is 0 Å². The molecule has 0 bridgehead atoms. The number of allylic oxidation sites excluding steroid dienone is 8. The normalized spacial score (nSPS) is 20.5. The van der Waals surface area contributed by atoms with E-state index < -0.39 is 5.41 Å². The van der Waals surface area contributed by atoms with E-state index in [1.165, 1.54) is 117 Å². The van der Waals surface area contributed by atoms with Crippen molar-refractivity contribution in [1.29, 1.82) is 0 Å². The first-order valence-electron chi connectivity index (χ1n) is 23.6. The van der Waals surface area contributed by atoms with E-state index in [0.29, 0.717) is 0 Å². The Morgan fingerprint density at radius 3 is 1.74 bits per heavy atom. The number of rotatable bonds is 3. The molecular weight excluding hydrogens is 795 g/mol. The van der Waals surface area contributed by atoms with Crippen LogP contribution in [0.25, 0.3) is 44.5 Å². The lowest BCUT2D eigenvalue weighted by Crippen LogP contribution is -2.28. The van der Waals surface area contributed by atoms with Crippen molar-refractivity contribution in [3.05, 3.63) is 278 Å². The third-order valence-electron chi connectivity index (χ3n) is 16.5. The minimum absolute atomic E-state index is 0.152. The molecule has 8 aromatic carbocycles. The maximum atomic E-state index is 3.41. The van der Waals surface area contributed by atoms with Crippen molar-refractivity contribution >= 4 is 28.2 Å². The fourth-order valence-corrected chi connectivity index (χ4v) is 14.0. The van der Waals surface area contributed by atoms with E-state index in [1.807, 2.05) is 0 Å². The average molecular weight is 838 g/mol. The third-order valence-corrected chi connectivity index (χ3v) is 16.5. The molecule has 0 N–H and O–H groups in total. The molecule has 8 aromatic rings. The summed E-state index contributed by atoms with van der Waals surface area (Å²) in [5.74, 6) is 0. The third kappa shape index (κ3) is 4.21. The SMILES string of the molecule is CC1(C)c2ccccc2-c2c(N(c3ccc4c(c3)-c3ccccc3C43C4=C(C=CCC4)c4ccccc43)c3ccc4c(c3)C3(C5=C(C=C=C=C5)c5ccccc53)c3ccccc3-4)cccc21. The van der Waals surface area contributed by atoms with Crippen molar-refractivity contribution in [2.45, 2.75) is 42.9 Å². The summed E-state index contributed by atoms with van der Waals surface area (Å²) in [6, 6.07) is 67.4. The maximum absolute atomic E-state index is 3.41. The van der Waals surface area contributed by atoms with Gasteiger partial charge in [-0.2, -0.15) is 0 Å². The Labute approximate surface area is 386 Å². The van der Waals surface area contributed by atoms with Crippen molar-refractivity contribution in [2.75, 3.05) is 4.90 Å². The fraction of sp³-hybridized carbons (Fsp3) is 0.108. The topological polar surface area (TPSA) is 3.24 Å². The van der Waals surface area contributed by atoms with Crippen LogP contribution in [0.15, 0.2) is 223 Å². The van der Waals surface area contributed by atoms with Crippen LogP contribution in [0.5, 0.6) is 0 Å². The molecule has 7 aliphatic carbocycles. The molecule has 0 fully saturated rings. The van der Waals surface area contributed by atoms with Gasteiger partial charge >= 0.3 is 0 Å². The first kappa shape index (κ1) is 36.4. The molecule has 0 amide bonds. The first-order chi connectivity index (χ1) is 32.5. The Kier molecular flexibility index (Phi) is 6.99. The van der Waals surface area contributed by atoms with E-state index >= 15 is 0 Å². The highest BCUT2D eigenvalue weighted by molar-refractivity contribution is 6.02. The molecule has 66 heavy (non-hydrogen) atoms. The van der Waals surface area contributed by atoms with Crippen LogP contribution < -0.4 is 4.90 Å². The standard InChI is InChI=1S/C65H43N/c1-63(2)51-25-10-9-24-49(51)62-59(63)32-17-33-61(62)66(40-35-37-58-50(38-40)47-23-8-16-31-57(47)64(58)52-26-11-3-18-42(52)43-19-4-12-27-53(43)64)41-34-36-48-46-22-7-15-30-56(46)65(60(48)39-41)54-28-13-5-20-44(54)45-21-6-14-29-55(45)65/h3-5,7-11,13,15-26,28-39H,12,27H2,1-2H3. The molecule has 0 saturated carbocycles. The number of hydrogen-bond acceptors (Lipinski definition) is 1. The highest BCUT2D eigenvalue weighted by atomic mass is 15.1. The van der Waals surface area contributed by atoms with Crippen molar-refractivity contribution in [3.63, 3.8) is 0 Å². The van der Waals surface area contributed by atoms with Gasteiger partial charge < -0.3 is 4.90 Å². The monoisotopic (exact) mass is 837 g/mol. The minimum Gasteiger partial charge on any atom is -0.310 e. The molecule has 308 valence electrons. The summed E-state index contributed by atoms with van der Waals surface area (Å²) >= 11 is 0. The number of benzene rings is 8. The summed E-state index contributed by atoms with van der Waals surface area (Å²) in [5, 5.41) is 0. The second-order valence-electron chi connectivity index (χ2n) is 19.6. The minimum atomic E-state index is -0.503. The van der Waals surface area contributed by atoms with Gasteiger partial charge in [0.2, 0.25) is 0 Å². The molecule has 2 unspecified atom stereocenters. The van der Waals surface area contributed by atoms with Gasteiger partial charge in [0.05, 0.1) is 16.5 Å². The van der Waals surface area contributed by atoms with Gasteiger partial charge in [0.1, 0.15) is 0 Å². The molecule has 1 heteroatoms. The van der Waals surface area contributed by atoms with Gasteiger partial charge in [-0.05, 0) is 161 Å². The van der Waals surface area contributed by atoms with Crippen LogP contribution in [-0.2, 0) is 16.2 Å². The van der Waals surface area contributed by atoms with Gasteiger partial charge in [0, 0.05) is 22.4 Å². The molecule has 0 radical (unpaired) electrons. The van der Waals surface area contributed by atoms with Gasteiger partial charge in [-0.3, -0.25) is 0 Å². The molecule has 7 aliphatic rings. The molecule has 0 aliphatic heterocycles. The van der Waals surface area contributed by atoms with E-state index in [2.05, 4.69) is 230 Å². The van der Waals surface area contributed by atoms with Gasteiger partial charge in [-0.1, -0.05) is 183 Å². The quantitative estimate of drug-likeness (QED) is 0.160. The zero-order chi connectivity index (χ0) is 43.5. The Hall–Kier alpha value is -7.92. The van der Waals surface area contributed by atoms with Crippen LogP contribution in [0.3, 0.4) is 0 Å². The second-order valence-corrected chi connectivity index (χ2v) is 19.6. The number of hydrogen-bond donors (Lipinski definition) is 0. The smallest absolute Gasteiger partial charge is 0.0732 e. The van der Waals surface area contributed by atoms with Gasteiger partial charge in [0.25, 0.3) is 0 Å². The number of fused-ring (bicyclic) bond motifs is 21. The molecule has 2 spiro atoms. The lowest BCUT2D eigenvalue weighted by molar-refractivity contribution is 0.660. The van der Waals surface area contributed by atoms with Crippen molar-refractivity contribution < 1.29 is 0 Å². The van der Waals surface area contributed by atoms with E-state index in [4.69, 9.17) is 0 Å². The zero-order valence-corrected chi connectivity index (χ0v) is 36.9. The summed E-state index contributed by atoms with van der Waals surface area (Å²) in [6.45, 7) is 4.78. The summed E-state index contributed by atoms with van der Waals surface area (Å²) < 4.78 is 0. The number of nitrogens with zero attached hydrogens (tertiary/aromatic N) is 1. The van der Waals surface area contributed by atoms with Crippen molar-refractivity contribution in [3.8, 4) is 33.4 Å². The number of anilines is 3. The van der Waals surface area contributed by atoms with E-state index in [1.54, 1.807) is 0 Å². The largest absolute Gasteiger partial charge is 0.310 e. The second kappa shape index (κ2) is 12.7. The van der Waals surface area contributed by atoms with E-state index in [9.17, 15) is 0 Å². The fourth-order valence-electron chi connectivity index (χ4n) is 14.0. The predicted molar refractivity (Wildman–Crippen MR) is 271 cm³/mol. The Balaban J connectivity index is 1.02. The lowest BCUT2D eigenvalue weighted by Gasteiger charge is -2.34. The molecule has 0 heterocycles. The average Bonchev–Trinajstić information content (AvgIpc) is 4.10. The van der Waals surface area contributed by atoms with Gasteiger partial charge in [-0.15, -0.1) is 0 Å². The van der Waals surface area contributed by atoms with Crippen LogP contribution in [-0.4, -0.2) is 0 Å². The molecule has 2 atom stereocenters. The Bertz CT molecular complexity index is 3770. The summed E-state index contributed by atoms with van der Waals surface area (Å²) in [6.07, 6.45) is 11.2. The van der Waals surface area contributed by atoms with Crippen LogP contribution in [0.4, 0.5) is 17.1 Å². The summed E-state index contributed by atoms with van der Waals surface area (Å²) in [4.78, 5) is 2.59. The molecule has 15 rings (SSSR count). The summed E-state index contributed by atoms with van der Waals surface area (Å²) in [7, 11) is 0. The molecule has 0 aromatic heterocycles. The van der Waals surface area contributed by atoms with Crippen LogP contribution >= 0.6 is 0 Å². The first-order valence-corrected chi connectivity index (χ1v) is 23.6. The molecule has 0 saturated heterocycles.